The van der Waals surface area contributed by atoms with Gasteiger partial charge in [0.15, 0.2) is 5.78 Å². The van der Waals surface area contributed by atoms with Gasteiger partial charge in [-0.05, 0) is 43.9 Å². The number of aryl methyl sites for hydroxylation is 1. The van der Waals surface area contributed by atoms with Crippen molar-refractivity contribution in [3.05, 3.63) is 48.2 Å². The van der Waals surface area contributed by atoms with Crippen LogP contribution in [-0.4, -0.2) is 23.9 Å². The second kappa shape index (κ2) is 7.16. The maximum atomic E-state index is 12.3. The molecule has 126 valence electrons. The third-order valence-corrected chi connectivity index (χ3v) is 4.71. The Morgan fingerprint density at radius 2 is 1.96 bits per heavy atom. The van der Waals surface area contributed by atoms with Crippen LogP contribution >= 0.6 is 0 Å². The summed E-state index contributed by atoms with van der Waals surface area (Å²) in [5.74, 6) is 0.893. The molecule has 0 saturated carbocycles. The maximum absolute atomic E-state index is 12.3. The number of hydrogen-bond acceptors (Lipinski definition) is 3. The van der Waals surface area contributed by atoms with Crippen molar-refractivity contribution >= 4 is 22.4 Å². The van der Waals surface area contributed by atoms with E-state index >= 15 is 0 Å². The molecule has 1 aliphatic rings. The van der Waals surface area contributed by atoms with Gasteiger partial charge in [-0.25, -0.2) is 0 Å². The van der Waals surface area contributed by atoms with Crippen LogP contribution in [-0.2, 0) is 4.79 Å². The Balaban J connectivity index is 1.75. The molecule has 3 rings (SSSR count). The van der Waals surface area contributed by atoms with Crippen molar-refractivity contribution < 1.29 is 4.79 Å². The number of benzene rings is 1. The summed E-state index contributed by atoms with van der Waals surface area (Å²) >= 11 is 0. The standard InChI is InChI=1S/C21H26N2O/c1-15(2)8-9-21(24)17-10-12-23(13-11-17)20-14-16(3)22-19-7-5-4-6-18(19)20/h4-9,14-15,17H,10-13H2,1-3H3/b9-8+. The highest BCUT2D eigenvalue weighted by Crippen LogP contribution is 2.30. The van der Waals surface area contributed by atoms with Gasteiger partial charge in [0.1, 0.15) is 0 Å². The smallest absolute Gasteiger partial charge is 0.158 e. The van der Waals surface area contributed by atoms with Crippen LogP contribution in [0.2, 0.25) is 0 Å². The number of carbonyl (C=O) groups is 1. The number of nitrogens with zero attached hydrogens (tertiary/aromatic N) is 2. The minimum Gasteiger partial charge on any atom is -0.371 e. The number of para-hydroxylation sites is 1. The van der Waals surface area contributed by atoms with E-state index in [4.69, 9.17) is 0 Å². The molecule has 0 bridgehead atoms. The van der Waals surface area contributed by atoms with E-state index in [1.807, 2.05) is 19.1 Å². The quantitative estimate of drug-likeness (QED) is 0.775. The Kier molecular flexibility index (Phi) is 4.98. The first-order valence-electron chi connectivity index (χ1n) is 8.88. The van der Waals surface area contributed by atoms with E-state index in [9.17, 15) is 4.79 Å². The zero-order valence-electron chi connectivity index (χ0n) is 14.8. The molecule has 0 N–H and O–H groups in total. The lowest BCUT2D eigenvalue weighted by Gasteiger charge is -2.33. The summed E-state index contributed by atoms with van der Waals surface area (Å²) < 4.78 is 0. The van der Waals surface area contributed by atoms with Gasteiger partial charge in [-0.15, -0.1) is 0 Å². The van der Waals surface area contributed by atoms with E-state index in [0.717, 1.165) is 37.1 Å². The summed E-state index contributed by atoms with van der Waals surface area (Å²) in [5, 5.41) is 1.20. The fourth-order valence-electron chi connectivity index (χ4n) is 3.38. The fraction of sp³-hybridized carbons (Fsp3) is 0.429. The van der Waals surface area contributed by atoms with Crippen LogP contribution in [0.1, 0.15) is 32.4 Å². The van der Waals surface area contributed by atoms with E-state index < -0.39 is 0 Å². The first-order chi connectivity index (χ1) is 11.5. The molecule has 0 aliphatic carbocycles. The van der Waals surface area contributed by atoms with Crippen molar-refractivity contribution in [3.8, 4) is 0 Å². The molecule has 0 atom stereocenters. The topological polar surface area (TPSA) is 33.2 Å². The van der Waals surface area contributed by atoms with Gasteiger partial charge in [-0.1, -0.05) is 38.1 Å². The highest BCUT2D eigenvalue weighted by Gasteiger charge is 2.24. The van der Waals surface area contributed by atoms with E-state index in [0.29, 0.717) is 11.7 Å². The Bertz CT molecular complexity index is 756. The Labute approximate surface area is 144 Å². The highest BCUT2D eigenvalue weighted by atomic mass is 16.1. The van der Waals surface area contributed by atoms with Crippen molar-refractivity contribution in [2.24, 2.45) is 11.8 Å². The van der Waals surface area contributed by atoms with Gasteiger partial charge < -0.3 is 4.90 Å². The second-order valence-corrected chi connectivity index (χ2v) is 7.07. The number of allylic oxidation sites excluding steroid dienone is 2. The zero-order chi connectivity index (χ0) is 17.1. The maximum Gasteiger partial charge on any atom is 0.158 e. The molecule has 1 fully saturated rings. The number of pyridine rings is 1. The van der Waals surface area contributed by atoms with Crippen molar-refractivity contribution in [3.63, 3.8) is 0 Å². The van der Waals surface area contributed by atoms with Crippen molar-refractivity contribution in [2.75, 3.05) is 18.0 Å². The summed E-state index contributed by atoms with van der Waals surface area (Å²) in [6.45, 7) is 8.11. The molecule has 1 saturated heterocycles. The molecule has 3 nitrogen and oxygen atoms in total. The molecule has 0 unspecified atom stereocenters. The minimum atomic E-state index is 0.172. The van der Waals surface area contributed by atoms with E-state index in [2.05, 4.69) is 48.0 Å². The third-order valence-electron chi connectivity index (χ3n) is 4.71. The van der Waals surface area contributed by atoms with Gasteiger partial charge >= 0.3 is 0 Å². The van der Waals surface area contributed by atoms with Gasteiger partial charge in [0.25, 0.3) is 0 Å². The van der Waals surface area contributed by atoms with Crippen LogP contribution in [0.25, 0.3) is 10.9 Å². The van der Waals surface area contributed by atoms with Crippen LogP contribution in [0.3, 0.4) is 0 Å². The predicted octanol–water partition coefficient (Wildman–Crippen LogP) is 4.54. The molecule has 0 amide bonds. The Morgan fingerprint density at radius 1 is 1.25 bits per heavy atom. The number of rotatable bonds is 4. The number of hydrogen-bond donors (Lipinski definition) is 0. The summed E-state index contributed by atoms with van der Waals surface area (Å²) in [4.78, 5) is 19.3. The molecule has 2 aromatic rings. The SMILES string of the molecule is Cc1cc(N2CCC(C(=O)/C=C/C(C)C)CC2)c2ccccc2n1. The molecular formula is C21H26N2O. The molecule has 0 spiro atoms. The average molecular weight is 322 g/mol. The highest BCUT2D eigenvalue weighted by molar-refractivity contribution is 5.93. The van der Waals surface area contributed by atoms with Crippen molar-refractivity contribution in [1.29, 1.82) is 0 Å². The molecule has 3 heteroatoms. The molecule has 24 heavy (non-hydrogen) atoms. The fourth-order valence-corrected chi connectivity index (χ4v) is 3.38. The summed E-state index contributed by atoms with van der Waals surface area (Å²) in [7, 11) is 0. The van der Waals surface area contributed by atoms with Gasteiger partial charge in [0.05, 0.1) is 5.52 Å². The number of fused-ring (bicyclic) bond motifs is 1. The molecule has 1 aromatic heterocycles. The lowest BCUT2D eigenvalue weighted by Crippen LogP contribution is -2.36. The third kappa shape index (κ3) is 3.66. The molecule has 0 radical (unpaired) electrons. The van der Waals surface area contributed by atoms with E-state index in [-0.39, 0.29) is 5.92 Å². The van der Waals surface area contributed by atoms with E-state index in [1.54, 1.807) is 6.08 Å². The summed E-state index contributed by atoms with van der Waals surface area (Å²) in [6.07, 6.45) is 5.65. The van der Waals surface area contributed by atoms with Crippen molar-refractivity contribution in [1.82, 2.24) is 4.98 Å². The number of anilines is 1. The normalized spacial score (nSPS) is 16.4. The zero-order valence-corrected chi connectivity index (χ0v) is 14.8. The average Bonchev–Trinajstić information content (AvgIpc) is 2.59. The Hall–Kier alpha value is -2.16. The van der Waals surface area contributed by atoms with Crippen LogP contribution in [0.5, 0.6) is 0 Å². The largest absolute Gasteiger partial charge is 0.371 e. The molecular weight excluding hydrogens is 296 g/mol. The Morgan fingerprint density at radius 3 is 2.67 bits per heavy atom. The summed E-state index contributed by atoms with van der Waals surface area (Å²) in [5.41, 5.74) is 3.34. The lowest BCUT2D eigenvalue weighted by molar-refractivity contribution is -0.118. The molecule has 2 heterocycles. The lowest BCUT2D eigenvalue weighted by atomic mass is 9.91. The number of ketones is 1. The van der Waals surface area contributed by atoms with Crippen molar-refractivity contribution in [2.45, 2.75) is 33.6 Å². The number of carbonyl (C=O) groups excluding carboxylic acids is 1. The van der Waals surface area contributed by atoms with Gasteiger partial charge in [0, 0.05) is 35.8 Å². The summed E-state index contributed by atoms with van der Waals surface area (Å²) in [6, 6.07) is 10.5. The predicted molar refractivity (Wildman–Crippen MR) is 100 cm³/mol. The van der Waals surface area contributed by atoms with E-state index in [1.165, 1.54) is 11.1 Å². The monoisotopic (exact) mass is 322 g/mol. The minimum absolute atomic E-state index is 0.172. The van der Waals surface area contributed by atoms with Gasteiger partial charge in [-0.3, -0.25) is 9.78 Å². The first-order valence-corrected chi connectivity index (χ1v) is 8.88. The molecule has 1 aliphatic heterocycles. The molecule has 1 aromatic carbocycles. The van der Waals surface area contributed by atoms with Crippen LogP contribution in [0.4, 0.5) is 5.69 Å². The van der Waals surface area contributed by atoms with Crippen LogP contribution < -0.4 is 4.90 Å². The van der Waals surface area contributed by atoms with Gasteiger partial charge in [0.2, 0.25) is 0 Å². The van der Waals surface area contributed by atoms with Crippen LogP contribution in [0, 0.1) is 18.8 Å². The van der Waals surface area contributed by atoms with Gasteiger partial charge in [-0.2, -0.15) is 0 Å². The number of piperidine rings is 1. The second-order valence-electron chi connectivity index (χ2n) is 7.07. The first kappa shape index (κ1) is 16.7. The van der Waals surface area contributed by atoms with Crippen LogP contribution in [0.15, 0.2) is 42.5 Å². The number of aromatic nitrogens is 1.